The zero-order chi connectivity index (χ0) is 17.2. The molecule has 5 heteroatoms. The topological polar surface area (TPSA) is 61.3 Å². The Kier molecular flexibility index (Phi) is 3.70. The molecule has 0 fully saturated rings. The smallest absolute Gasteiger partial charge is 0.237 e. The molecular weight excluding hydrogens is 316 g/mol. The molecule has 0 radical (unpaired) electrons. The molecule has 0 aliphatic carbocycles. The second kappa shape index (κ2) is 6.16. The van der Waals surface area contributed by atoms with Crippen molar-refractivity contribution in [1.82, 2.24) is 9.97 Å². The maximum atomic E-state index is 5.80. The molecule has 5 nitrogen and oxygen atoms in total. The zero-order valence-electron chi connectivity index (χ0n) is 13.0. The number of rotatable bonds is 4. The van der Waals surface area contributed by atoms with Gasteiger partial charge < -0.3 is 13.6 Å². The third kappa shape index (κ3) is 2.74. The minimum atomic E-state index is -0.858. The molecular formula is C20H12N2O3. The average molecular weight is 328 g/mol. The lowest BCUT2D eigenvalue weighted by molar-refractivity contribution is 0.0236. The molecule has 0 aliphatic rings. The largest absolute Gasteiger partial charge is 0.437 e. The SMILES string of the molecule is C#CC(OC(C#C)c1nc2ccccc2o1)c1nc2ccccc2o1. The van der Waals surface area contributed by atoms with Crippen LogP contribution in [0, 0.1) is 24.7 Å². The van der Waals surface area contributed by atoms with E-state index in [1.807, 2.05) is 36.4 Å². The van der Waals surface area contributed by atoms with Gasteiger partial charge in [0.15, 0.2) is 23.4 Å². The monoisotopic (exact) mass is 328 g/mol. The summed E-state index contributed by atoms with van der Waals surface area (Å²) in [5, 5.41) is 0. The van der Waals surface area contributed by atoms with E-state index in [1.54, 1.807) is 12.1 Å². The van der Waals surface area contributed by atoms with Crippen molar-refractivity contribution in [3.63, 3.8) is 0 Å². The van der Waals surface area contributed by atoms with E-state index in [-0.39, 0.29) is 11.8 Å². The van der Waals surface area contributed by atoms with E-state index >= 15 is 0 Å². The van der Waals surface area contributed by atoms with Gasteiger partial charge >= 0.3 is 0 Å². The van der Waals surface area contributed by atoms with Gasteiger partial charge in [-0.2, -0.15) is 0 Å². The van der Waals surface area contributed by atoms with Gasteiger partial charge in [-0.1, -0.05) is 36.1 Å². The third-order valence-corrected chi connectivity index (χ3v) is 3.64. The van der Waals surface area contributed by atoms with Crippen molar-refractivity contribution in [2.45, 2.75) is 12.2 Å². The van der Waals surface area contributed by atoms with Crippen LogP contribution in [0.2, 0.25) is 0 Å². The summed E-state index contributed by atoms with van der Waals surface area (Å²) in [5.41, 5.74) is 2.64. The summed E-state index contributed by atoms with van der Waals surface area (Å²) in [6.07, 6.45) is 9.46. The van der Waals surface area contributed by atoms with Gasteiger partial charge in [0.25, 0.3) is 0 Å². The molecule has 0 aliphatic heterocycles. The number of aromatic nitrogens is 2. The Morgan fingerprint density at radius 1 is 0.760 bits per heavy atom. The minimum Gasteiger partial charge on any atom is -0.437 e. The van der Waals surface area contributed by atoms with Crippen LogP contribution in [-0.4, -0.2) is 9.97 Å². The van der Waals surface area contributed by atoms with E-state index in [0.29, 0.717) is 22.2 Å². The molecule has 0 saturated carbocycles. The Morgan fingerprint density at radius 3 is 1.60 bits per heavy atom. The fourth-order valence-electron chi connectivity index (χ4n) is 2.48. The molecule has 2 aromatic heterocycles. The molecule has 120 valence electrons. The number of hydrogen-bond acceptors (Lipinski definition) is 5. The first-order valence-electron chi connectivity index (χ1n) is 7.57. The van der Waals surface area contributed by atoms with Gasteiger partial charge in [0, 0.05) is 0 Å². The maximum absolute atomic E-state index is 5.80. The summed E-state index contributed by atoms with van der Waals surface area (Å²) >= 11 is 0. The third-order valence-electron chi connectivity index (χ3n) is 3.64. The van der Waals surface area contributed by atoms with Gasteiger partial charge in [-0.25, -0.2) is 9.97 Å². The summed E-state index contributed by atoms with van der Waals surface area (Å²) in [4.78, 5) is 8.71. The summed E-state index contributed by atoms with van der Waals surface area (Å²) in [7, 11) is 0. The summed E-state index contributed by atoms with van der Waals surface area (Å²) in [6, 6.07) is 14.7. The van der Waals surface area contributed by atoms with Crippen molar-refractivity contribution in [3.05, 3.63) is 60.3 Å². The van der Waals surface area contributed by atoms with Gasteiger partial charge in [0.2, 0.25) is 11.8 Å². The first-order valence-corrected chi connectivity index (χ1v) is 7.57. The van der Waals surface area contributed by atoms with Crippen molar-refractivity contribution in [2.75, 3.05) is 0 Å². The second-order valence-corrected chi connectivity index (χ2v) is 5.27. The van der Waals surface area contributed by atoms with Crippen molar-refractivity contribution in [3.8, 4) is 24.7 Å². The molecule has 4 aromatic rings. The fourth-order valence-corrected chi connectivity index (χ4v) is 2.48. The van der Waals surface area contributed by atoms with E-state index in [0.717, 1.165) is 0 Å². The van der Waals surface area contributed by atoms with Crippen LogP contribution in [0.25, 0.3) is 22.2 Å². The highest BCUT2D eigenvalue weighted by atomic mass is 16.5. The summed E-state index contributed by atoms with van der Waals surface area (Å²) < 4.78 is 17.1. The summed E-state index contributed by atoms with van der Waals surface area (Å²) in [5.74, 6) is 5.54. The van der Waals surface area contributed by atoms with Gasteiger partial charge in [0.1, 0.15) is 11.0 Å². The maximum Gasteiger partial charge on any atom is 0.237 e. The predicted octanol–water partition coefficient (Wildman–Crippen LogP) is 4.03. The van der Waals surface area contributed by atoms with Gasteiger partial charge in [-0.05, 0) is 24.3 Å². The Bertz CT molecular complexity index is 971. The molecule has 25 heavy (non-hydrogen) atoms. The van der Waals surface area contributed by atoms with Crippen LogP contribution in [0.5, 0.6) is 0 Å². The number of benzene rings is 2. The van der Waals surface area contributed by atoms with E-state index in [2.05, 4.69) is 21.8 Å². The van der Waals surface area contributed by atoms with E-state index in [4.69, 9.17) is 26.4 Å². The number of terminal acetylenes is 2. The van der Waals surface area contributed by atoms with Crippen LogP contribution in [0.1, 0.15) is 24.0 Å². The second-order valence-electron chi connectivity index (χ2n) is 5.27. The Balaban J connectivity index is 1.65. The predicted molar refractivity (Wildman–Crippen MR) is 92.3 cm³/mol. The van der Waals surface area contributed by atoms with Crippen LogP contribution < -0.4 is 0 Å². The lowest BCUT2D eigenvalue weighted by atomic mass is 10.3. The van der Waals surface area contributed by atoms with Gasteiger partial charge in [-0.15, -0.1) is 12.8 Å². The average Bonchev–Trinajstić information content (AvgIpc) is 3.26. The van der Waals surface area contributed by atoms with Crippen LogP contribution in [-0.2, 0) is 4.74 Å². The van der Waals surface area contributed by atoms with Crippen molar-refractivity contribution < 1.29 is 13.6 Å². The van der Waals surface area contributed by atoms with Crippen molar-refractivity contribution >= 4 is 22.2 Å². The molecule has 2 aromatic carbocycles. The first kappa shape index (κ1) is 15.0. The molecule has 0 amide bonds. The normalized spacial score (nSPS) is 13.4. The lowest BCUT2D eigenvalue weighted by Crippen LogP contribution is -2.08. The Labute approximate surface area is 143 Å². The molecule has 2 heterocycles. The molecule has 2 atom stereocenters. The van der Waals surface area contributed by atoms with E-state index in [9.17, 15) is 0 Å². The van der Waals surface area contributed by atoms with Crippen molar-refractivity contribution in [1.29, 1.82) is 0 Å². The minimum absolute atomic E-state index is 0.264. The molecule has 0 saturated heterocycles. The van der Waals surface area contributed by atoms with E-state index in [1.165, 1.54) is 0 Å². The highest BCUT2D eigenvalue weighted by Gasteiger charge is 2.24. The number of nitrogens with zero attached hydrogens (tertiary/aromatic N) is 2. The zero-order valence-corrected chi connectivity index (χ0v) is 13.0. The number of para-hydroxylation sites is 4. The van der Waals surface area contributed by atoms with Crippen LogP contribution in [0.3, 0.4) is 0 Å². The highest BCUT2D eigenvalue weighted by Crippen LogP contribution is 2.29. The van der Waals surface area contributed by atoms with Crippen LogP contribution >= 0.6 is 0 Å². The molecule has 0 bridgehead atoms. The Hall–Kier alpha value is -3.54. The number of fused-ring (bicyclic) bond motifs is 2. The lowest BCUT2D eigenvalue weighted by Gasteiger charge is -2.12. The standard InChI is InChI=1S/C20H12N2O3/c1-3-15(19-21-13-9-5-7-11-17(13)24-19)23-16(4-2)20-22-14-10-6-8-12-18(14)25-20/h1-2,5-12,15-16H. The van der Waals surface area contributed by atoms with E-state index < -0.39 is 12.2 Å². The molecule has 0 spiro atoms. The van der Waals surface area contributed by atoms with Crippen LogP contribution in [0.15, 0.2) is 57.4 Å². The molecule has 4 rings (SSSR count). The first-order chi connectivity index (χ1) is 12.3. The summed E-state index contributed by atoms with van der Waals surface area (Å²) in [6.45, 7) is 0. The van der Waals surface area contributed by atoms with Gasteiger partial charge in [-0.3, -0.25) is 0 Å². The Morgan fingerprint density at radius 2 is 1.20 bits per heavy atom. The highest BCUT2D eigenvalue weighted by molar-refractivity contribution is 5.73. The number of ether oxygens (including phenoxy) is 1. The molecule has 2 unspecified atom stereocenters. The number of hydrogen-bond donors (Lipinski definition) is 0. The fraction of sp³-hybridized carbons (Fsp3) is 0.100. The quantitative estimate of drug-likeness (QED) is 0.529. The van der Waals surface area contributed by atoms with Crippen LogP contribution in [0.4, 0.5) is 0 Å². The van der Waals surface area contributed by atoms with Gasteiger partial charge in [0.05, 0.1) is 0 Å². The number of oxazole rings is 2. The molecule has 0 N–H and O–H groups in total. The van der Waals surface area contributed by atoms with Crippen molar-refractivity contribution in [2.24, 2.45) is 0 Å².